The lowest BCUT2D eigenvalue weighted by molar-refractivity contribution is 0.334. The molecule has 2 aromatic rings. The number of nitrogens with zero attached hydrogens (tertiary/aromatic N) is 2. The van der Waals surface area contributed by atoms with Crippen molar-refractivity contribution >= 4 is 0 Å². The molecule has 1 N–H and O–H groups in total. The number of aromatic nitrogens is 2. The summed E-state index contributed by atoms with van der Waals surface area (Å²) in [6, 6.07) is 7.62. The molecule has 1 saturated heterocycles. The fraction of sp³-hybridized carbons (Fsp3) is 0.471. The Labute approximate surface area is 121 Å². The summed E-state index contributed by atoms with van der Waals surface area (Å²) in [6.07, 6.45) is 7.69. The molecule has 2 atom stereocenters. The van der Waals surface area contributed by atoms with Gasteiger partial charge in [0.25, 0.3) is 0 Å². The lowest BCUT2D eigenvalue weighted by Crippen LogP contribution is -2.35. The lowest BCUT2D eigenvalue weighted by atomic mass is 9.97. The first-order chi connectivity index (χ1) is 9.65. The van der Waals surface area contributed by atoms with Crippen molar-refractivity contribution in [3.05, 3.63) is 47.5 Å². The Balaban J connectivity index is 1.95. The van der Waals surface area contributed by atoms with Crippen molar-refractivity contribution in [1.82, 2.24) is 14.9 Å². The minimum atomic E-state index is 0.419. The zero-order valence-electron chi connectivity index (χ0n) is 12.6. The third kappa shape index (κ3) is 2.50. The van der Waals surface area contributed by atoms with E-state index < -0.39 is 0 Å². The Morgan fingerprint density at radius 2 is 2.05 bits per heavy atom. The smallest absolute Gasteiger partial charge is 0.0994 e. The molecule has 1 aliphatic rings. The number of nitrogens with one attached hydrogen (secondary N) is 1. The fourth-order valence-electron chi connectivity index (χ4n) is 3.03. The Kier molecular flexibility index (Phi) is 3.62. The number of aryl methyl sites for hydroxylation is 2. The van der Waals surface area contributed by atoms with Crippen LogP contribution in [-0.2, 0) is 0 Å². The molecule has 0 saturated carbocycles. The minimum absolute atomic E-state index is 0.419. The largest absolute Gasteiger partial charge is 0.306 e. The van der Waals surface area contributed by atoms with Crippen LogP contribution in [0.2, 0.25) is 0 Å². The van der Waals surface area contributed by atoms with Crippen molar-refractivity contribution in [2.75, 3.05) is 0 Å². The van der Waals surface area contributed by atoms with E-state index in [9.17, 15) is 0 Å². The van der Waals surface area contributed by atoms with Gasteiger partial charge in [-0.05, 0) is 63.3 Å². The quantitative estimate of drug-likeness (QED) is 0.901. The van der Waals surface area contributed by atoms with Gasteiger partial charge in [-0.15, -0.1) is 0 Å². The Bertz CT molecular complexity index is 600. The molecule has 1 aromatic carbocycles. The third-order valence-corrected chi connectivity index (χ3v) is 4.41. The fourth-order valence-corrected chi connectivity index (χ4v) is 3.03. The lowest BCUT2D eigenvalue weighted by Gasteiger charge is -2.29. The zero-order valence-corrected chi connectivity index (χ0v) is 12.6. The van der Waals surface area contributed by atoms with E-state index in [1.807, 2.05) is 12.5 Å². The maximum absolute atomic E-state index is 4.37. The molecule has 0 amide bonds. The van der Waals surface area contributed by atoms with Gasteiger partial charge in [-0.1, -0.05) is 6.07 Å². The summed E-state index contributed by atoms with van der Waals surface area (Å²) >= 11 is 0. The van der Waals surface area contributed by atoms with Crippen molar-refractivity contribution in [3.8, 4) is 5.69 Å². The number of hydrogen-bond donors (Lipinski definition) is 1. The molecule has 0 aliphatic carbocycles. The van der Waals surface area contributed by atoms with Crippen LogP contribution in [-0.4, -0.2) is 15.6 Å². The van der Waals surface area contributed by atoms with Gasteiger partial charge in [0.05, 0.1) is 18.2 Å². The van der Waals surface area contributed by atoms with Crippen LogP contribution in [0.25, 0.3) is 5.69 Å². The molecule has 1 aliphatic heterocycles. The van der Waals surface area contributed by atoms with Crippen molar-refractivity contribution in [2.45, 2.75) is 52.1 Å². The van der Waals surface area contributed by atoms with E-state index in [2.05, 4.69) is 53.8 Å². The van der Waals surface area contributed by atoms with Gasteiger partial charge in [0, 0.05) is 17.8 Å². The van der Waals surface area contributed by atoms with Gasteiger partial charge >= 0.3 is 0 Å². The van der Waals surface area contributed by atoms with E-state index in [1.54, 1.807) is 0 Å². The highest BCUT2D eigenvalue weighted by Gasteiger charge is 2.22. The summed E-state index contributed by atoms with van der Waals surface area (Å²) in [7, 11) is 0. The van der Waals surface area contributed by atoms with Crippen LogP contribution in [0.4, 0.5) is 0 Å². The summed E-state index contributed by atoms with van der Waals surface area (Å²) in [5.74, 6) is 0. The first kappa shape index (κ1) is 13.4. The van der Waals surface area contributed by atoms with Crippen LogP contribution in [0.3, 0.4) is 0 Å². The van der Waals surface area contributed by atoms with Gasteiger partial charge in [-0.2, -0.15) is 0 Å². The number of piperidine rings is 1. The van der Waals surface area contributed by atoms with Crippen LogP contribution in [0, 0.1) is 13.8 Å². The minimum Gasteiger partial charge on any atom is -0.306 e. The molecular weight excluding hydrogens is 246 g/mol. The summed E-state index contributed by atoms with van der Waals surface area (Å²) < 4.78 is 2.22. The summed E-state index contributed by atoms with van der Waals surface area (Å²) in [5, 5.41) is 3.69. The van der Waals surface area contributed by atoms with Gasteiger partial charge in [0.2, 0.25) is 0 Å². The van der Waals surface area contributed by atoms with Gasteiger partial charge in [0.15, 0.2) is 0 Å². The highest BCUT2D eigenvalue weighted by atomic mass is 15.1. The number of rotatable bonds is 2. The van der Waals surface area contributed by atoms with Crippen LogP contribution >= 0.6 is 0 Å². The first-order valence-electron chi connectivity index (χ1n) is 7.51. The molecule has 2 heterocycles. The normalized spacial score (nSPS) is 22.9. The molecule has 0 spiro atoms. The molecule has 106 valence electrons. The molecule has 1 fully saturated rings. The Morgan fingerprint density at radius 1 is 1.20 bits per heavy atom. The maximum atomic E-state index is 4.37. The Hall–Kier alpha value is -1.61. The molecule has 3 nitrogen and oxygen atoms in total. The number of imidazole rings is 1. The number of hydrogen-bond acceptors (Lipinski definition) is 2. The topological polar surface area (TPSA) is 29.9 Å². The molecule has 3 heteroatoms. The van der Waals surface area contributed by atoms with Gasteiger partial charge in [-0.25, -0.2) is 4.98 Å². The second-order valence-electron chi connectivity index (χ2n) is 6.01. The molecule has 1 aromatic heterocycles. The van der Waals surface area contributed by atoms with E-state index >= 15 is 0 Å². The SMILES string of the molecule is Cc1ccc(-n2cncc2C2CCCC(C)N2)cc1C. The molecular formula is C17H23N3. The zero-order chi connectivity index (χ0) is 14.1. The van der Waals surface area contributed by atoms with Crippen molar-refractivity contribution in [1.29, 1.82) is 0 Å². The summed E-state index contributed by atoms with van der Waals surface area (Å²) in [5.41, 5.74) is 5.15. The maximum Gasteiger partial charge on any atom is 0.0994 e. The molecule has 20 heavy (non-hydrogen) atoms. The van der Waals surface area contributed by atoms with Crippen molar-refractivity contribution in [2.24, 2.45) is 0 Å². The van der Waals surface area contributed by atoms with E-state index in [0.717, 1.165) is 0 Å². The van der Waals surface area contributed by atoms with Crippen LogP contribution in [0.5, 0.6) is 0 Å². The first-order valence-corrected chi connectivity index (χ1v) is 7.51. The van der Waals surface area contributed by atoms with Crippen molar-refractivity contribution in [3.63, 3.8) is 0 Å². The second-order valence-corrected chi connectivity index (χ2v) is 6.01. The third-order valence-electron chi connectivity index (χ3n) is 4.41. The highest BCUT2D eigenvalue weighted by molar-refractivity contribution is 5.41. The predicted molar refractivity (Wildman–Crippen MR) is 82.2 cm³/mol. The van der Waals surface area contributed by atoms with E-state index in [1.165, 1.54) is 41.8 Å². The van der Waals surface area contributed by atoms with E-state index in [-0.39, 0.29) is 0 Å². The summed E-state index contributed by atoms with van der Waals surface area (Å²) in [6.45, 7) is 6.58. The second kappa shape index (κ2) is 5.41. The van der Waals surface area contributed by atoms with E-state index in [0.29, 0.717) is 12.1 Å². The molecule has 2 unspecified atom stereocenters. The number of benzene rings is 1. The van der Waals surface area contributed by atoms with Crippen LogP contribution in [0.15, 0.2) is 30.7 Å². The average Bonchev–Trinajstić information content (AvgIpc) is 2.91. The van der Waals surface area contributed by atoms with Crippen LogP contribution in [0.1, 0.15) is 49.0 Å². The predicted octanol–water partition coefficient (Wildman–Crippen LogP) is 3.69. The molecule has 3 rings (SSSR count). The Morgan fingerprint density at radius 3 is 2.80 bits per heavy atom. The molecule has 0 bridgehead atoms. The van der Waals surface area contributed by atoms with Gasteiger partial charge in [0.1, 0.15) is 0 Å². The standard InChI is InChI=1S/C17H23N3/c1-12-7-8-15(9-13(12)2)20-11-18-10-17(20)16-6-4-5-14(3)19-16/h7-11,14,16,19H,4-6H2,1-3H3. The van der Waals surface area contributed by atoms with E-state index in [4.69, 9.17) is 0 Å². The molecule has 0 radical (unpaired) electrons. The van der Waals surface area contributed by atoms with Crippen molar-refractivity contribution < 1.29 is 0 Å². The monoisotopic (exact) mass is 269 g/mol. The highest BCUT2D eigenvalue weighted by Crippen LogP contribution is 2.27. The average molecular weight is 269 g/mol. The van der Waals surface area contributed by atoms with Gasteiger partial charge < -0.3 is 9.88 Å². The summed E-state index contributed by atoms with van der Waals surface area (Å²) in [4.78, 5) is 4.37. The van der Waals surface area contributed by atoms with Gasteiger partial charge in [-0.3, -0.25) is 0 Å². The van der Waals surface area contributed by atoms with Crippen LogP contribution < -0.4 is 5.32 Å².